The van der Waals surface area contributed by atoms with Crippen LogP contribution in [0.1, 0.15) is 0 Å². The number of nitrogens with zero attached hydrogens (tertiary/aromatic N) is 2. The summed E-state index contributed by atoms with van der Waals surface area (Å²) in [6.45, 7) is 0. The number of pyridine rings is 1. The molecule has 110 valence electrons. The summed E-state index contributed by atoms with van der Waals surface area (Å²) in [7, 11) is -4.30. The number of nitro benzene ring substituents is 1. The molecule has 0 fully saturated rings. The molecular formula is C11H7ClFN3O4S. The fourth-order valence-corrected chi connectivity index (χ4v) is 2.83. The fourth-order valence-electron chi connectivity index (χ4n) is 1.51. The Bertz CT molecular complexity index is 813. The number of nitrogens with one attached hydrogen (secondary N) is 1. The molecule has 0 unspecified atom stereocenters. The molecule has 0 amide bonds. The maximum absolute atomic E-state index is 13.0. The Morgan fingerprint density at radius 2 is 2.00 bits per heavy atom. The van der Waals surface area contributed by atoms with Crippen molar-refractivity contribution in [1.82, 2.24) is 4.98 Å². The minimum atomic E-state index is -4.30. The van der Waals surface area contributed by atoms with Crippen molar-refractivity contribution >= 4 is 33.1 Å². The van der Waals surface area contributed by atoms with Gasteiger partial charge in [-0.25, -0.2) is 17.8 Å². The average molecular weight is 332 g/mol. The lowest BCUT2D eigenvalue weighted by Crippen LogP contribution is -2.15. The van der Waals surface area contributed by atoms with E-state index in [1.807, 2.05) is 4.72 Å². The van der Waals surface area contributed by atoms with E-state index < -0.39 is 31.3 Å². The lowest BCUT2D eigenvalue weighted by atomic mass is 10.3. The van der Waals surface area contributed by atoms with Crippen molar-refractivity contribution in [2.75, 3.05) is 4.72 Å². The van der Waals surface area contributed by atoms with Crippen LogP contribution in [0, 0.1) is 15.9 Å². The molecule has 0 aliphatic rings. The first kappa shape index (κ1) is 15.1. The number of sulfonamides is 1. The van der Waals surface area contributed by atoms with Gasteiger partial charge in [0.2, 0.25) is 0 Å². The minimum absolute atomic E-state index is 0.110. The third-order valence-electron chi connectivity index (χ3n) is 2.37. The topological polar surface area (TPSA) is 102 Å². The first-order valence-corrected chi connectivity index (χ1v) is 7.24. The number of halogens is 2. The maximum atomic E-state index is 13.0. The Labute approximate surface area is 123 Å². The van der Waals surface area contributed by atoms with Gasteiger partial charge in [-0.2, -0.15) is 0 Å². The molecule has 0 aliphatic heterocycles. The average Bonchev–Trinajstić information content (AvgIpc) is 2.37. The van der Waals surface area contributed by atoms with E-state index in [0.29, 0.717) is 6.07 Å². The zero-order valence-electron chi connectivity index (χ0n) is 10.2. The highest BCUT2D eigenvalue weighted by molar-refractivity contribution is 7.92. The summed E-state index contributed by atoms with van der Waals surface area (Å²) in [5.74, 6) is -1.03. The van der Waals surface area contributed by atoms with Crippen LogP contribution in [0.2, 0.25) is 5.02 Å². The van der Waals surface area contributed by atoms with Gasteiger partial charge in [-0.15, -0.1) is 0 Å². The van der Waals surface area contributed by atoms with E-state index in [2.05, 4.69) is 4.98 Å². The molecule has 21 heavy (non-hydrogen) atoms. The van der Waals surface area contributed by atoms with Gasteiger partial charge in [-0.1, -0.05) is 11.6 Å². The first-order valence-electron chi connectivity index (χ1n) is 5.38. The van der Waals surface area contributed by atoms with Gasteiger partial charge in [0.15, 0.2) is 4.90 Å². The normalized spacial score (nSPS) is 11.1. The molecule has 0 bridgehead atoms. The third-order valence-corrected chi connectivity index (χ3v) is 4.01. The number of hydrogen-bond acceptors (Lipinski definition) is 5. The highest BCUT2D eigenvalue weighted by Crippen LogP contribution is 2.26. The van der Waals surface area contributed by atoms with Gasteiger partial charge < -0.3 is 0 Å². The van der Waals surface area contributed by atoms with Gasteiger partial charge in [0.05, 0.1) is 11.0 Å². The zero-order valence-corrected chi connectivity index (χ0v) is 11.7. The van der Waals surface area contributed by atoms with Crippen LogP contribution in [-0.4, -0.2) is 18.3 Å². The molecule has 7 nitrogen and oxygen atoms in total. The van der Waals surface area contributed by atoms with E-state index in [-0.39, 0.29) is 10.8 Å². The molecule has 1 N–H and O–H groups in total. The summed E-state index contributed by atoms with van der Waals surface area (Å²) in [6, 6.07) is 4.81. The molecule has 0 aliphatic carbocycles. The Morgan fingerprint density at radius 3 is 2.62 bits per heavy atom. The second kappa shape index (κ2) is 5.62. The Morgan fingerprint density at radius 1 is 1.29 bits per heavy atom. The molecule has 0 saturated heterocycles. The van der Waals surface area contributed by atoms with Crippen LogP contribution < -0.4 is 4.72 Å². The van der Waals surface area contributed by atoms with E-state index in [1.54, 1.807) is 0 Å². The smallest absolute Gasteiger partial charge is 0.263 e. The summed E-state index contributed by atoms with van der Waals surface area (Å²) >= 11 is 5.69. The monoisotopic (exact) mass is 331 g/mol. The van der Waals surface area contributed by atoms with Gasteiger partial charge in [0.1, 0.15) is 11.6 Å². The Kier molecular flexibility index (Phi) is 4.05. The van der Waals surface area contributed by atoms with Crippen LogP contribution in [0.4, 0.5) is 15.9 Å². The van der Waals surface area contributed by atoms with E-state index in [0.717, 1.165) is 12.1 Å². The summed E-state index contributed by atoms with van der Waals surface area (Å²) in [6.07, 6.45) is 1.26. The maximum Gasteiger partial charge on any atom is 0.292 e. The van der Waals surface area contributed by atoms with Crippen LogP contribution >= 0.6 is 11.6 Å². The molecule has 1 aromatic carbocycles. The van der Waals surface area contributed by atoms with Gasteiger partial charge >= 0.3 is 0 Å². The zero-order chi connectivity index (χ0) is 15.6. The second-order valence-electron chi connectivity index (χ2n) is 3.83. The lowest BCUT2D eigenvalue weighted by molar-refractivity contribution is -0.388. The van der Waals surface area contributed by atoms with Crippen molar-refractivity contribution < 1.29 is 17.7 Å². The quantitative estimate of drug-likeness (QED) is 0.685. The Hall–Kier alpha value is -2.26. The molecule has 0 spiro atoms. The third kappa shape index (κ3) is 3.44. The number of benzene rings is 1. The minimum Gasteiger partial charge on any atom is -0.263 e. The second-order valence-corrected chi connectivity index (χ2v) is 5.92. The van der Waals surface area contributed by atoms with Crippen LogP contribution in [0.5, 0.6) is 0 Å². The summed E-state index contributed by atoms with van der Waals surface area (Å²) < 4.78 is 39.3. The molecule has 0 atom stereocenters. The van der Waals surface area contributed by atoms with E-state index >= 15 is 0 Å². The first-order chi connectivity index (χ1) is 9.79. The lowest BCUT2D eigenvalue weighted by Gasteiger charge is -2.08. The standard InChI is InChI=1S/C11H7ClFN3O4S/c12-7-3-4-14-11(5-7)15-21(19,20)10-2-1-8(13)6-9(10)16(17)18/h1-6H,(H,14,15). The van der Waals surface area contributed by atoms with Crippen molar-refractivity contribution in [3.8, 4) is 0 Å². The van der Waals surface area contributed by atoms with Crippen LogP contribution in [0.25, 0.3) is 0 Å². The van der Waals surface area contributed by atoms with Gasteiger partial charge in [-0.05, 0) is 18.2 Å². The molecule has 2 aromatic rings. The molecule has 10 heteroatoms. The molecule has 2 rings (SSSR count). The number of rotatable bonds is 4. The predicted octanol–water partition coefficient (Wildman–Crippen LogP) is 2.58. The van der Waals surface area contributed by atoms with Crippen molar-refractivity contribution in [1.29, 1.82) is 0 Å². The van der Waals surface area contributed by atoms with Crippen molar-refractivity contribution in [3.63, 3.8) is 0 Å². The highest BCUT2D eigenvalue weighted by Gasteiger charge is 2.26. The molecule has 1 heterocycles. The summed E-state index contributed by atoms with van der Waals surface area (Å²) in [5, 5.41) is 11.1. The number of nitro groups is 1. The largest absolute Gasteiger partial charge is 0.292 e. The molecule has 0 saturated carbocycles. The Balaban J connectivity index is 2.47. The van der Waals surface area contributed by atoms with Crippen molar-refractivity contribution in [3.05, 3.63) is 57.5 Å². The van der Waals surface area contributed by atoms with Gasteiger partial charge in [0.25, 0.3) is 15.7 Å². The van der Waals surface area contributed by atoms with Crippen LogP contribution in [0.15, 0.2) is 41.4 Å². The molecule has 0 radical (unpaired) electrons. The summed E-state index contributed by atoms with van der Waals surface area (Å²) in [4.78, 5) is 12.9. The highest BCUT2D eigenvalue weighted by atomic mass is 35.5. The molecular weight excluding hydrogens is 325 g/mol. The van der Waals surface area contributed by atoms with Crippen molar-refractivity contribution in [2.45, 2.75) is 4.90 Å². The SMILES string of the molecule is O=[N+]([O-])c1cc(F)ccc1S(=O)(=O)Nc1cc(Cl)ccn1. The number of aromatic nitrogens is 1. The summed E-state index contributed by atoms with van der Waals surface area (Å²) in [5.41, 5.74) is -0.871. The van der Waals surface area contributed by atoms with Gasteiger partial charge in [0, 0.05) is 17.3 Å². The van der Waals surface area contributed by atoms with E-state index in [9.17, 15) is 22.9 Å². The van der Waals surface area contributed by atoms with Gasteiger partial charge in [-0.3, -0.25) is 14.8 Å². The predicted molar refractivity (Wildman–Crippen MR) is 73.1 cm³/mol. The van der Waals surface area contributed by atoms with Crippen LogP contribution in [0.3, 0.4) is 0 Å². The molecule has 1 aromatic heterocycles. The number of anilines is 1. The van der Waals surface area contributed by atoms with Crippen LogP contribution in [-0.2, 0) is 10.0 Å². The van der Waals surface area contributed by atoms with Crippen molar-refractivity contribution in [2.24, 2.45) is 0 Å². The number of hydrogen-bond donors (Lipinski definition) is 1. The van der Waals surface area contributed by atoms with E-state index in [4.69, 9.17) is 11.6 Å². The van der Waals surface area contributed by atoms with E-state index in [1.165, 1.54) is 18.3 Å². The fraction of sp³-hybridized carbons (Fsp3) is 0.